The van der Waals surface area contributed by atoms with Crippen molar-refractivity contribution < 1.29 is 14.3 Å². The summed E-state index contributed by atoms with van der Waals surface area (Å²) < 4.78 is 13.0. The highest BCUT2D eigenvalue weighted by Gasteiger charge is 2.09. The van der Waals surface area contributed by atoms with Gasteiger partial charge in [0.05, 0.1) is 10.6 Å². The number of carbonyl (C=O) groups is 1. The number of rotatable bonds is 3. The number of benzene rings is 2. The third-order valence-corrected chi connectivity index (χ3v) is 3.49. The maximum atomic E-state index is 13.0. The number of hydrogen-bond donors (Lipinski definition) is 1. The summed E-state index contributed by atoms with van der Waals surface area (Å²) in [5.74, 6) is -1.38. The molecule has 18 heavy (non-hydrogen) atoms. The SMILES string of the molecule is O=C(O)c1ccc(Sc2cccc(F)c2)cc1Cl. The van der Waals surface area contributed by atoms with Gasteiger partial charge in [0.25, 0.3) is 0 Å². The van der Waals surface area contributed by atoms with Gasteiger partial charge in [0.1, 0.15) is 5.82 Å². The van der Waals surface area contributed by atoms with Crippen molar-refractivity contribution in [2.24, 2.45) is 0 Å². The van der Waals surface area contributed by atoms with Crippen LogP contribution in [0.5, 0.6) is 0 Å². The van der Waals surface area contributed by atoms with Gasteiger partial charge in [-0.05, 0) is 36.4 Å². The fraction of sp³-hybridized carbons (Fsp3) is 0. The van der Waals surface area contributed by atoms with Crippen molar-refractivity contribution in [3.63, 3.8) is 0 Å². The molecule has 0 amide bonds. The summed E-state index contributed by atoms with van der Waals surface area (Å²) in [6, 6.07) is 10.8. The van der Waals surface area contributed by atoms with Crippen LogP contribution in [0.2, 0.25) is 5.02 Å². The first-order valence-electron chi connectivity index (χ1n) is 5.02. The van der Waals surface area contributed by atoms with Gasteiger partial charge in [-0.1, -0.05) is 29.4 Å². The molecule has 0 radical (unpaired) electrons. The van der Waals surface area contributed by atoms with Crippen LogP contribution in [0.4, 0.5) is 4.39 Å². The van der Waals surface area contributed by atoms with Gasteiger partial charge in [0, 0.05) is 9.79 Å². The van der Waals surface area contributed by atoms with E-state index in [9.17, 15) is 9.18 Å². The van der Waals surface area contributed by atoms with Gasteiger partial charge in [-0.15, -0.1) is 0 Å². The smallest absolute Gasteiger partial charge is 0.337 e. The van der Waals surface area contributed by atoms with Gasteiger partial charge in [-0.3, -0.25) is 0 Å². The fourth-order valence-electron chi connectivity index (χ4n) is 1.40. The van der Waals surface area contributed by atoms with E-state index in [-0.39, 0.29) is 16.4 Å². The Labute approximate surface area is 112 Å². The molecule has 2 rings (SSSR count). The van der Waals surface area contributed by atoms with E-state index < -0.39 is 5.97 Å². The molecule has 0 aliphatic carbocycles. The molecular formula is C13H8ClFO2S. The van der Waals surface area contributed by atoms with E-state index >= 15 is 0 Å². The van der Waals surface area contributed by atoms with Crippen LogP contribution in [0.3, 0.4) is 0 Å². The van der Waals surface area contributed by atoms with Crippen molar-refractivity contribution in [1.82, 2.24) is 0 Å². The van der Waals surface area contributed by atoms with Crippen LogP contribution in [0.15, 0.2) is 52.3 Å². The second-order valence-electron chi connectivity index (χ2n) is 3.51. The summed E-state index contributed by atoms with van der Waals surface area (Å²) in [6.07, 6.45) is 0. The topological polar surface area (TPSA) is 37.3 Å². The zero-order chi connectivity index (χ0) is 13.1. The van der Waals surface area contributed by atoms with Gasteiger partial charge in [-0.2, -0.15) is 0 Å². The largest absolute Gasteiger partial charge is 0.478 e. The third-order valence-electron chi connectivity index (χ3n) is 2.20. The Morgan fingerprint density at radius 1 is 1.17 bits per heavy atom. The molecule has 2 nitrogen and oxygen atoms in total. The minimum atomic E-state index is -1.07. The average Bonchev–Trinajstić information content (AvgIpc) is 2.28. The third kappa shape index (κ3) is 3.03. The Morgan fingerprint density at radius 2 is 1.89 bits per heavy atom. The highest BCUT2D eigenvalue weighted by molar-refractivity contribution is 7.99. The van der Waals surface area contributed by atoms with Crippen molar-refractivity contribution in [1.29, 1.82) is 0 Å². The Hall–Kier alpha value is -1.52. The maximum absolute atomic E-state index is 13.0. The summed E-state index contributed by atoms with van der Waals surface area (Å²) in [7, 11) is 0. The molecule has 0 aliphatic heterocycles. The van der Waals surface area contributed by atoms with Gasteiger partial charge in [0.2, 0.25) is 0 Å². The number of carboxylic acid groups (broad SMARTS) is 1. The second kappa shape index (κ2) is 5.42. The number of halogens is 2. The van der Waals surface area contributed by atoms with E-state index in [1.165, 1.54) is 30.0 Å². The highest BCUT2D eigenvalue weighted by Crippen LogP contribution is 2.31. The summed E-state index contributed by atoms with van der Waals surface area (Å²) in [6.45, 7) is 0. The Morgan fingerprint density at radius 3 is 2.50 bits per heavy atom. The highest BCUT2D eigenvalue weighted by atomic mass is 35.5. The lowest BCUT2D eigenvalue weighted by Gasteiger charge is -2.04. The zero-order valence-corrected chi connectivity index (χ0v) is 10.6. The van der Waals surface area contributed by atoms with Crippen molar-refractivity contribution in [3.8, 4) is 0 Å². The Bertz CT molecular complexity index is 601. The first kappa shape index (κ1) is 12.9. The molecule has 92 valence electrons. The average molecular weight is 283 g/mol. The van der Waals surface area contributed by atoms with E-state index in [2.05, 4.69) is 0 Å². The van der Waals surface area contributed by atoms with Crippen LogP contribution in [-0.4, -0.2) is 11.1 Å². The van der Waals surface area contributed by atoms with Crippen molar-refractivity contribution in [3.05, 3.63) is 58.9 Å². The normalized spacial score (nSPS) is 10.3. The monoisotopic (exact) mass is 282 g/mol. The minimum absolute atomic E-state index is 0.0558. The predicted molar refractivity (Wildman–Crippen MR) is 68.9 cm³/mol. The van der Waals surface area contributed by atoms with E-state index in [1.54, 1.807) is 24.3 Å². The lowest BCUT2D eigenvalue weighted by Crippen LogP contribution is -1.96. The molecule has 0 aromatic heterocycles. The summed E-state index contributed by atoms with van der Waals surface area (Å²) in [5, 5.41) is 9.01. The molecule has 0 spiro atoms. The van der Waals surface area contributed by atoms with E-state index in [1.807, 2.05) is 0 Å². The number of carboxylic acids is 1. The predicted octanol–water partition coefficient (Wildman–Crippen LogP) is 4.33. The molecular weight excluding hydrogens is 275 g/mol. The van der Waals surface area contributed by atoms with Crippen molar-refractivity contribution in [2.45, 2.75) is 9.79 Å². The summed E-state index contributed by atoms with van der Waals surface area (Å²) >= 11 is 7.17. The van der Waals surface area contributed by atoms with Crippen LogP contribution in [0.25, 0.3) is 0 Å². The molecule has 0 atom stereocenters. The van der Waals surface area contributed by atoms with E-state index in [0.717, 1.165) is 9.79 Å². The summed E-state index contributed by atoms with van der Waals surface area (Å²) in [4.78, 5) is 12.3. The fourth-order valence-corrected chi connectivity index (χ4v) is 2.63. The van der Waals surface area contributed by atoms with Gasteiger partial charge in [-0.25, -0.2) is 9.18 Å². The van der Waals surface area contributed by atoms with E-state index in [4.69, 9.17) is 16.7 Å². The maximum Gasteiger partial charge on any atom is 0.337 e. The van der Waals surface area contributed by atoms with E-state index in [0.29, 0.717) is 0 Å². The number of hydrogen-bond acceptors (Lipinski definition) is 2. The van der Waals surface area contributed by atoms with Crippen molar-refractivity contribution >= 4 is 29.3 Å². The summed E-state index contributed by atoms with van der Waals surface area (Å²) in [5.41, 5.74) is 0.0558. The van der Waals surface area contributed by atoms with Crippen LogP contribution >= 0.6 is 23.4 Å². The molecule has 0 saturated heterocycles. The number of aromatic carboxylic acids is 1. The van der Waals surface area contributed by atoms with Gasteiger partial charge >= 0.3 is 5.97 Å². The second-order valence-corrected chi connectivity index (χ2v) is 5.06. The molecule has 0 unspecified atom stereocenters. The molecule has 0 heterocycles. The molecule has 0 fully saturated rings. The standard InChI is InChI=1S/C13H8ClFO2S/c14-12-7-10(4-5-11(12)13(16)17)18-9-3-1-2-8(15)6-9/h1-7H,(H,16,17). The van der Waals surface area contributed by atoms with Crippen LogP contribution in [0.1, 0.15) is 10.4 Å². The first-order valence-corrected chi connectivity index (χ1v) is 6.22. The molecule has 0 saturated carbocycles. The molecule has 5 heteroatoms. The van der Waals surface area contributed by atoms with Crippen LogP contribution in [-0.2, 0) is 0 Å². The van der Waals surface area contributed by atoms with Gasteiger partial charge in [0.15, 0.2) is 0 Å². The minimum Gasteiger partial charge on any atom is -0.478 e. The molecule has 0 aliphatic rings. The molecule has 0 bridgehead atoms. The first-order chi connectivity index (χ1) is 8.56. The molecule has 2 aromatic carbocycles. The Balaban J connectivity index is 2.25. The quantitative estimate of drug-likeness (QED) is 0.910. The Kier molecular flexibility index (Phi) is 3.89. The molecule has 1 N–H and O–H groups in total. The zero-order valence-electron chi connectivity index (χ0n) is 9.06. The van der Waals surface area contributed by atoms with Crippen LogP contribution in [0, 0.1) is 5.82 Å². The lowest BCUT2D eigenvalue weighted by atomic mass is 10.2. The van der Waals surface area contributed by atoms with Crippen LogP contribution < -0.4 is 0 Å². The molecule has 2 aromatic rings. The van der Waals surface area contributed by atoms with Gasteiger partial charge < -0.3 is 5.11 Å². The van der Waals surface area contributed by atoms with Crippen molar-refractivity contribution in [2.75, 3.05) is 0 Å². The lowest BCUT2D eigenvalue weighted by molar-refractivity contribution is 0.0697.